The summed E-state index contributed by atoms with van der Waals surface area (Å²) in [4.78, 5) is 0. The van der Waals surface area contributed by atoms with Crippen molar-refractivity contribution >= 4 is 63.7 Å². The molecule has 0 saturated heterocycles. The van der Waals surface area contributed by atoms with E-state index in [0.29, 0.717) is 23.0 Å². The highest BCUT2D eigenvalue weighted by molar-refractivity contribution is 9.24. The predicted octanol–water partition coefficient (Wildman–Crippen LogP) is 6.46. The molecule has 0 fully saturated rings. The van der Waals surface area contributed by atoms with E-state index in [-0.39, 0.29) is 3.92 Å². The molecule has 0 aliphatic rings. The Hall–Kier alpha value is -0.240. The summed E-state index contributed by atoms with van der Waals surface area (Å²) in [7, 11) is 1.60. The largest absolute Gasteiger partial charge is 0.493 e. The van der Waals surface area contributed by atoms with Gasteiger partial charge in [-0.3, -0.25) is 0 Å². The first-order chi connectivity index (χ1) is 10.0. The van der Waals surface area contributed by atoms with Gasteiger partial charge in [-0.05, 0) is 88.0 Å². The van der Waals surface area contributed by atoms with E-state index in [9.17, 15) is 0 Å². The average molecular weight is 546 g/mol. The van der Waals surface area contributed by atoms with E-state index >= 15 is 0 Å². The Bertz CT molecular complexity index is 632. The highest BCUT2D eigenvalue weighted by atomic mass is 79.9. The molecule has 0 radical (unpaired) electrons. The Morgan fingerprint density at radius 2 is 1.57 bits per heavy atom. The van der Waals surface area contributed by atoms with E-state index in [1.54, 1.807) is 7.11 Å². The highest BCUT2D eigenvalue weighted by Gasteiger charge is 2.16. The van der Waals surface area contributed by atoms with Gasteiger partial charge in [-0.25, -0.2) is 0 Å². The van der Waals surface area contributed by atoms with Gasteiger partial charge in [0.05, 0.1) is 11.6 Å². The molecule has 3 nitrogen and oxygen atoms in total. The summed E-state index contributed by atoms with van der Waals surface area (Å²) in [6.45, 7) is 0. The Labute approximate surface area is 156 Å². The molecule has 0 saturated carbocycles. The van der Waals surface area contributed by atoms with Crippen molar-refractivity contribution in [2.45, 2.75) is 3.92 Å². The van der Waals surface area contributed by atoms with E-state index in [4.69, 9.17) is 14.2 Å². The van der Waals surface area contributed by atoms with Gasteiger partial charge in [0.25, 0.3) is 0 Å². The number of halogens is 4. The molecule has 0 N–H and O–H groups in total. The van der Waals surface area contributed by atoms with E-state index < -0.39 is 0 Å². The average Bonchev–Trinajstić information content (AvgIpc) is 2.45. The monoisotopic (exact) mass is 542 g/mol. The number of benzene rings is 2. The van der Waals surface area contributed by atoms with E-state index in [0.717, 1.165) is 8.95 Å². The van der Waals surface area contributed by atoms with Gasteiger partial charge in [0.1, 0.15) is 0 Å². The summed E-state index contributed by atoms with van der Waals surface area (Å²) in [6.07, 6.45) is 0. The zero-order valence-electron chi connectivity index (χ0n) is 10.8. The summed E-state index contributed by atoms with van der Waals surface area (Å²) >= 11 is 13.5. The van der Waals surface area contributed by atoms with Crippen molar-refractivity contribution in [1.29, 1.82) is 0 Å². The second kappa shape index (κ2) is 7.85. The number of hydrogen-bond donors (Lipinski definition) is 0. The smallest absolute Gasteiger partial charge is 0.207 e. The van der Waals surface area contributed by atoms with Crippen molar-refractivity contribution in [2.24, 2.45) is 0 Å². The maximum Gasteiger partial charge on any atom is 0.207 e. The van der Waals surface area contributed by atoms with Gasteiger partial charge >= 0.3 is 0 Å². The molecular formula is C14H10Br4O3. The molecule has 112 valence electrons. The van der Waals surface area contributed by atoms with Crippen LogP contribution in [-0.2, 0) is 0 Å². The Morgan fingerprint density at radius 3 is 2.19 bits per heavy atom. The molecule has 0 atom stereocenters. The van der Waals surface area contributed by atoms with Gasteiger partial charge in [-0.1, -0.05) is 12.1 Å². The van der Waals surface area contributed by atoms with Crippen LogP contribution in [0.25, 0.3) is 0 Å². The molecule has 0 spiro atoms. The van der Waals surface area contributed by atoms with Crippen LogP contribution in [0.1, 0.15) is 0 Å². The third-order valence-corrected chi connectivity index (χ3v) is 4.87. The highest BCUT2D eigenvalue weighted by Crippen LogP contribution is 2.44. The van der Waals surface area contributed by atoms with Crippen molar-refractivity contribution in [2.75, 3.05) is 7.11 Å². The third-order valence-electron chi connectivity index (χ3n) is 2.51. The zero-order chi connectivity index (χ0) is 15.4. The summed E-state index contributed by atoms with van der Waals surface area (Å²) in [5.74, 6) is 2.38. The standard InChI is InChI=1S/C14H10Br4O3/c1-19-11-7-6-8(15)12(16)13(11)20-9-4-2-3-5-10(9)21-14(17)18/h2-7,14H,1H3. The fraction of sp³-hybridized carbons (Fsp3) is 0.143. The predicted molar refractivity (Wildman–Crippen MR) is 97.2 cm³/mol. The third kappa shape index (κ3) is 4.37. The van der Waals surface area contributed by atoms with Crippen molar-refractivity contribution < 1.29 is 14.2 Å². The Morgan fingerprint density at radius 1 is 0.905 bits per heavy atom. The maximum absolute atomic E-state index is 5.98. The number of hydrogen-bond acceptors (Lipinski definition) is 3. The van der Waals surface area contributed by atoms with Crippen molar-refractivity contribution in [3.05, 3.63) is 45.3 Å². The van der Waals surface area contributed by atoms with Crippen LogP contribution in [0.2, 0.25) is 0 Å². The van der Waals surface area contributed by atoms with Crippen LogP contribution >= 0.6 is 63.7 Å². The van der Waals surface area contributed by atoms with Gasteiger partial charge < -0.3 is 14.2 Å². The van der Waals surface area contributed by atoms with Crippen molar-refractivity contribution in [3.8, 4) is 23.0 Å². The Balaban J connectivity index is 2.41. The molecule has 21 heavy (non-hydrogen) atoms. The molecule has 0 heterocycles. The van der Waals surface area contributed by atoms with Crippen LogP contribution in [0, 0.1) is 0 Å². The van der Waals surface area contributed by atoms with Gasteiger partial charge in [0.2, 0.25) is 3.92 Å². The first-order valence-corrected chi connectivity index (χ1v) is 9.18. The summed E-state index contributed by atoms with van der Waals surface area (Å²) < 4.78 is 18.3. The van der Waals surface area contributed by atoms with Crippen LogP contribution in [0.3, 0.4) is 0 Å². The van der Waals surface area contributed by atoms with Gasteiger partial charge in [0.15, 0.2) is 23.0 Å². The van der Waals surface area contributed by atoms with Gasteiger partial charge in [-0.2, -0.15) is 0 Å². The topological polar surface area (TPSA) is 27.7 Å². The fourth-order valence-electron chi connectivity index (χ4n) is 1.61. The number of para-hydroxylation sites is 2. The lowest BCUT2D eigenvalue weighted by Gasteiger charge is -2.16. The lowest BCUT2D eigenvalue weighted by Crippen LogP contribution is -2.00. The summed E-state index contributed by atoms with van der Waals surface area (Å²) in [5.41, 5.74) is 0. The van der Waals surface area contributed by atoms with E-state index in [1.165, 1.54) is 0 Å². The second-order valence-corrected chi connectivity index (χ2v) is 8.36. The summed E-state index contributed by atoms with van der Waals surface area (Å²) in [6, 6.07) is 11.1. The van der Waals surface area contributed by atoms with Crippen molar-refractivity contribution in [3.63, 3.8) is 0 Å². The molecule has 7 heteroatoms. The maximum atomic E-state index is 5.98. The van der Waals surface area contributed by atoms with Crippen LogP contribution in [0.15, 0.2) is 45.3 Å². The lowest BCUT2D eigenvalue weighted by molar-refractivity contribution is 0.339. The van der Waals surface area contributed by atoms with E-state index in [2.05, 4.69) is 63.7 Å². The van der Waals surface area contributed by atoms with Gasteiger partial charge in [-0.15, -0.1) is 0 Å². The molecular weight excluding hydrogens is 536 g/mol. The second-order valence-electron chi connectivity index (χ2n) is 3.82. The van der Waals surface area contributed by atoms with Crippen LogP contribution in [-0.4, -0.2) is 11.0 Å². The van der Waals surface area contributed by atoms with Crippen LogP contribution in [0.5, 0.6) is 23.0 Å². The molecule has 0 aliphatic heterocycles. The number of rotatable bonds is 5. The molecule has 0 aliphatic carbocycles. The van der Waals surface area contributed by atoms with Gasteiger partial charge in [0, 0.05) is 4.47 Å². The van der Waals surface area contributed by atoms with Crippen LogP contribution < -0.4 is 14.2 Å². The van der Waals surface area contributed by atoms with E-state index in [1.807, 2.05) is 36.4 Å². The molecule has 2 rings (SSSR count). The molecule has 2 aromatic carbocycles. The van der Waals surface area contributed by atoms with Crippen LogP contribution in [0.4, 0.5) is 0 Å². The number of methoxy groups -OCH3 is 1. The Kier molecular flexibility index (Phi) is 6.40. The minimum atomic E-state index is -0.303. The quantitative estimate of drug-likeness (QED) is 0.403. The SMILES string of the molecule is COc1ccc(Br)c(Br)c1Oc1ccccc1OC(Br)Br. The number of alkyl halides is 2. The zero-order valence-corrected chi connectivity index (χ0v) is 17.1. The van der Waals surface area contributed by atoms with Crippen molar-refractivity contribution in [1.82, 2.24) is 0 Å². The minimum absolute atomic E-state index is 0.303. The fourth-order valence-corrected chi connectivity index (χ4v) is 2.73. The molecule has 2 aromatic rings. The first kappa shape index (κ1) is 17.1. The molecule has 0 amide bonds. The minimum Gasteiger partial charge on any atom is -0.493 e. The first-order valence-electron chi connectivity index (χ1n) is 5.76. The normalized spacial score (nSPS) is 10.6. The molecule has 0 bridgehead atoms. The molecule has 0 aromatic heterocycles. The summed E-state index contributed by atoms with van der Waals surface area (Å²) in [5, 5.41) is 0. The lowest BCUT2D eigenvalue weighted by atomic mass is 10.3. The molecule has 0 unspecified atom stereocenters. The number of ether oxygens (including phenoxy) is 3.